The molecule has 1 fully saturated rings. The van der Waals surface area contributed by atoms with E-state index in [1.165, 1.54) is 4.31 Å². The zero-order valence-corrected chi connectivity index (χ0v) is 21.0. The quantitative estimate of drug-likeness (QED) is 0.420. The van der Waals surface area contributed by atoms with E-state index in [1.807, 2.05) is 35.1 Å². The van der Waals surface area contributed by atoms with Gasteiger partial charge in [0.15, 0.2) is 0 Å². The van der Waals surface area contributed by atoms with Gasteiger partial charge in [0.25, 0.3) is 10.0 Å². The minimum atomic E-state index is -3.89. The van der Waals surface area contributed by atoms with Crippen molar-refractivity contribution >= 4 is 38.2 Å². The first-order valence-corrected chi connectivity index (χ1v) is 13.8. The molecular formula is C25H32ClN3O4S. The Hall–Kier alpha value is -2.13. The van der Waals surface area contributed by atoms with Gasteiger partial charge < -0.3 is 9.84 Å². The summed E-state index contributed by atoms with van der Waals surface area (Å²) in [5.41, 5.74) is 2.44. The van der Waals surface area contributed by atoms with Gasteiger partial charge in [0.2, 0.25) is 0 Å². The summed E-state index contributed by atoms with van der Waals surface area (Å²) in [7, 11) is -3.89. The number of ether oxygens (including phenoxy) is 1. The molecule has 1 aromatic heterocycles. The average molecular weight is 506 g/mol. The van der Waals surface area contributed by atoms with Gasteiger partial charge in [-0.05, 0) is 61.1 Å². The number of sulfonamides is 1. The Bertz CT molecular complexity index is 1190. The number of nitrogens with zero attached hydrogens (tertiary/aromatic N) is 3. The number of anilines is 1. The van der Waals surface area contributed by atoms with Gasteiger partial charge in [-0.2, -0.15) is 5.10 Å². The van der Waals surface area contributed by atoms with Crippen molar-refractivity contribution < 1.29 is 18.3 Å². The second-order valence-electron chi connectivity index (χ2n) is 8.89. The van der Waals surface area contributed by atoms with Gasteiger partial charge in [-0.25, -0.2) is 8.42 Å². The summed E-state index contributed by atoms with van der Waals surface area (Å²) in [4.78, 5) is 0.191. The zero-order chi connectivity index (χ0) is 24.1. The topological polar surface area (TPSA) is 84.7 Å². The van der Waals surface area contributed by atoms with Crippen LogP contribution in [0.1, 0.15) is 25.3 Å². The first kappa shape index (κ1) is 25.0. The lowest BCUT2D eigenvalue weighted by Crippen LogP contribution is -2.37. The summed E-state index contributed by atoms with van der Waals surface area (Å²) in [5, 5.41) is 15.1. The highest BCUT2D eigenvalue weighted by Crippen LogP contribution is 2.28. The summed E-state index contributed by atoms with van der Waals surface area (Å²) in [6.07, 6.45) is 4.80. The van der Waals surface area contributed by atoms with Crippen LogP contribution in [0.3, 0.4) is 0 Å². The molecular weight excluding hydrogens is 474 g/mol. The van der Waals surface area contributed by atoms with Crippen LogP contribution in [0.25, 0.3) is 10.9 Å². The molecule has 1 saturated heterocycles. The second-order valence-corrected chi connectivity index (χ2v) is 11.1. The number of alkyl halides is 1. The maximum Gasteiger partial charge on any atom is 0.264 e. The summed E-state index contributed by atoms with van der Waals surface area (Å²) in [6.45, 7) is 4.30. The van der Waals surface area contributed by atoms with Gasteiger partial charge in [-0.3, -0.25) is 8.99 Å². The molecule has 3 aromatic rings. The molecule has 2 heterocycles. The summed E-state index contributed by atoms with van der Waals surface area (Å²) < 4.78 is 36.3. The molecule has 1 unspecified atom stereocenters. The van der Waals surface area contributed by atoms with E-state index in [0.29, 0.717) is 11.6 Å². The highest BCUT2D eigenvalue weighted by atomic mass is 35.5. The molecule has 34 heavy (non-hydrogen) atoms. The number of halogens is 1. The van der Waals surface area contributed by atoms with Crippen LogP contribution in [-0.2, 0) is 27.7 Å². The number of hydrogen-bond donors (Lipinski definition) is 1. The lowest BCUT2D eigenvalue weighted by Gasteiger charge is -2.27. The van der Waals surface area contributed by atoms with Gasteiger partial charge in [0, 0.05) is 56.3 Å². The van der Waals surface area contributed by atoms with E-state index in [9.17, 15) is 13.5 Å². The van der Waals surface area contributed by atoms with Gasteiger partial charge in [0.1, 0.15) is 0 Å². The van der Waals surface area contributed by atoms with Crippen LogP contribution in [0.5, 0.6) is 0 Å². The van der Waals surface area contributed by atoms with E-state index in [1.54, 1.807) is 18.2 Å². The number of benzene rings is 2. The Morgan fingerprint density at radius 2 is 1.94 bits per heavy atom. The van der Waals surface area contributed by atoms with Crippen LogP contribution >= 0.6 is 11.6 Å². The maximum absolute atomic E-state index is 13.8. The Balaban J connectivity index is 1.65. The van der Waals surface area contributed by atoms with E-state index in [4.69, 9.17) is 16.3 Å². The molecule has 1 aliphatic rings. The largest absolute Gasteiger partial charge is 0.396 e. The lowest BCUT2D eigenvalue weighted by atomic mass is 10.0. The number of hydrogen-bond acceptors (Lipinski definition) is 5. The van der Waals surface area contributed by atoms with Crippen molar-refractivity contribution in [3.8, 4) is 0 Å². The Kier molecular flexibility index (Phi) is 8.14. The Morgan fingerprint density at radius 1 is 1.21 bits per heavy atom. The Labute approximate surface area is 206 Å². The van der Waals surface area contributed by atoms with Gasteiger partial charge in [-0.1, -0.05) is 19.1 Å². The van der Waals surface area contributed by atoms with E-state index in [-0.39, 0.29) is 29.8 Å². The van der Waals surface area contributed by atoms with Crippen molar-refractivity contribution in [2.24, 2.45) is 11.8 Å². The summed E-state index contributed by atoms with van der Waals surface area (Å²) in [6, 6.07) is 12.5. The average Bonchev–Trinajstić information content (AvgIpc) is 3.27. The Morgan fingerprint density at radius 3 is 2.59 bits per heavy atom. The lowest BCUT2D eigenvalue weighted by molar-refractivity contribution is 0.0602. The molecule has 7 nitrogen and oxygen atoms in total. The van der Waals surface area contributed by atoms with Gasteiger partial charge in [-0.15, -0.1) is 11.6 Å². The van der Waals surface area contributed by atoms with Crippen molar-refractivity contribution in [2.45, 2.75) is 37.6 Å². The fraction of sp³-hybridized carbons (Fsp3) is 0.480. The molecule has 4 rings (SSSR count). The normalized spacial score (nSPS) is 16.1. The number of aliphatic hydroxyl groups excluding tert-OH is 1. The molecule has 0 radical (unpaired) electrons. The summed E-state index contributed by atoms with van der Waals surface area (Å²) in [5.74, 6) is 0.292. The van der Waals surface area contributed by atoms with Crippen molar-refractivity contribution in [3.63, 3.8) is 0 Å². The van der Waals surface area contributed by atoms with Crippen LogP contribution in [0.15, 0.2) is 53.6 Å². The molecule has 0 bridgehead atoms. The number of fused-ring (bicyclic) bond motifs is 1. The van der Waals surface area contributed by atoms with Gasteiger partial charge in [0.05, 0.1) is 16.1 Å². The van der Waals surface area contributed by atoms with Crippen molar-refractivity contribution in [3.05, 3.63) is 54.2 Å². The minimum absolute atomic E-state index is 0.0921. The molecule has 1 aliphatic heterocycles. The van der Waals surface area contributed by atoms with Crippen LogP contribution in [0, 0.1) is 11.8 Å². The zero-order valence-electron chi connectivity index (χ0n) is 19.4. The number of aryl methyl sites for hydroxylation is 1. The van der Waals surface area contributed by atoms with Crippen molar-refractivity contribution in [1.29, 1.82) is 0 Å². The molecule has 2 aromatic carbocycles. The van der Waals surface area contributed by atoms with E-state index in [2.05, 4.69) is 12.0 Å². The predicted octanol–water partition coefficient (Wildman–Crippen LogP) is 4.07. The predicted molar refractivity (Wildman–Crippen MR) is 135 cm³/mol. The molecule has 0 aliphatic carbocycles. The number of aliphatic hydroxyl groups is 1. The molecule has 1 N–H and O–H groups in total. The van der Waals surface area contributed by atoms with E-state index < -0.39 is 10.0 Å². The summed E-state index contributed by atoms with van der Waals surface area (Å²) >= 11 is 6.00. The van der Waals surface area contributed by atoms with Crippen LogP contribution in [-0.4, -0.2) is 55.6 Å². The smallest absolute Gasteiger partial charge is 0.264 e. The van der Waals surface area contributed by atoms with Crippen LogP contribution in [0.4, 0.5) is 5.69 Å². The SMILES string of the molecule is CCc1ccc(N(CC(CO)CCl)S(=O)(=O)c2ccc3nn(CC4CCOCC4)cc3c2)cc1. The first-order chi connectivity index (χ1) is 16.4. The highest BCUT2D eigenvalue weighted by Gasteiger charge is 2.28. The molecule has 184 valence electrons. The minimum Gasteiger partial charge on any atom is -0.396 e. The number of rotatable bonds is 10. The molecule has 0 saturated carbocycles. The van der Waals surface area contributed by atoms with Crippen molar-refractivity contribution in [1.82, 2.24) is 9.78 Å². The third-order valence-corrected chi connectivity index (χ3v) is 8.66. The molecule has 9 heteroatoms. The number of aromatic nitrogens is 2. The maximum atomic E-state index is 13.8. The van der Waals surface area contributed by atoms with Crippen LogP contribution in [0.2, 0.25) is 0 Å². The molecule has 1 atom stereocenters. The fourth-order valence-electron chi connectivity index (χ4n) is 4.26. The van der Waals surface area contributed by atoms with Crippen molar-refractivity contribution in [2.75, 3.05) is 36.6 Å². The highest BCUT2D eigenvalue weighted by molar-refractivity contribution is 7.92. The third kappa shape index (κ3) is 5.57. The molecule has 0 spiro atoms. The van der Waals surface area contributed by atoms with E-state index >= 15 is 0 Å². The first-order valence-electron chi connectivity index (χ1n) is 11.8. The van der Waals surface area contributed by atoms with Gasteiger partial charge >= 0.3 is 0 Å². The molecule has 0 amide bonds. The monoisotopic (exact) mass is 505 g/mol. The third-order valence-electron chi connectivity index (χ3n) is 6.43. The fourth-order valence-corrected chi connectivity index (χ4v) is 6.03. The van der Waals surface area contributed by atoms with Crippen LogP contribution < -0.4 is 4.31 Å². The second kappa shape index (κ2) is 11.1. The standard InChI is InChI=1S/C25H32ClN3O4S/c1-2-19-3-5-23(6-4-19)29(16-21(14-26)18-30)34(31,32)24-7-8-25-22(13-24)17-28(27-25)15-20-9-11-33-12-10-20/h3-8,13,17,20-21,30H,2,9-12,14-16,18H2,1H3. The van der Waals surface area contributed by atoms with E-state index in [0.717, 1.165) is 55.5 Å².